The Balaban J connectivity index is 2.97. The second-order valence-corrected chi connectivity index (χ2v) is 2.86. The second-order valence-electron chi connectivity index (χ2n) is 2.86. The van der Waals surface area contributed by atoms with Crippen LogP contribution in [0.1, 0.15) is 18.6 Å². The SMILES string of the molecule is C[C@H](O)[C@@H](O)c1ccc(F)c(F)c1. The molecule has 4 heteroatoms. The Bertz CT molecular complexity index is 300. The molecule has 0 spiro atoms. The zero-order valence-corrected chi connectivity index (χ0v) is 7.04. The zero-order chi connectivity index (χ0) is 10.0. The highest BCUT2D eigenvalue weighted by atomic mass is 19.2. The first-order valence-electron chi connectivity index (χ1n) is 3.83. The molecule has 1 rings (SSSR count). The Morgan fingerprint density at radius 1 is 1.15 bits per heavy atom. The first kappa shape index (κ1) is 10.1. The lowest BCUT2D eigenvalue weighted by Crippen LogP contribution is -2.14. The third-order valence-electron chi connectivity index (χ3n) is 1.74. The molecule has 2 N–H and O–H groups in total. The van der Waals surface area contributed by atoms with Gasteiger partial charge < -0.3 is 10.2 Å². The first-order valence-corrected chi connectivity index (χ1v) is 3.83. The summed E-state index contributed by atoms with van der Waals surface area (Å²) in [5.41, 5.74) is 0.161. The standard InChI is InChI=1S/C9H10F2O2/c1-5(12)9(13)6-2-3-7(10)8(11)4-6/h2-5,9,12-13H,1H3/t5-,9+/m0/s1. The number of halogens is 2. The summed E-state index contributed by atoms with van der Waals surface area (Å²) >= 11 is 0. The van der Waals surface area contributed by atoms with Crippen molar-refractivity contribution in [2.45, 2.75) is 19.1 Å². The minimum Gasteiger partial charge on any atom is -0.390 e. The topological polar surface area (TPSA) is 40.5 Å². The molecule has 0 saturated carbocycles. The minimum atomic E-state index is -1.19. The Labute approximate surface area is 74.4 Å². The van der Waals surface area contributed by atoms with Crippen LogP contribution in [0, 0.1) is 11.6 Å². The Kier molecular flexibility index (Phi) is 2.95. The van der Waals surface area contributed by atoms with Gasteiger partial charge in [-0.25, -0.2) is 8.78 Å². The average molecular weight is 188 g/mol. The van der Waals surface area contributed by atoms with Crippen molar-refractivity contribution < 1.29 is 19.0 Å². The summed E-state index contributed by atoms with van der Waals surface area (Å²) in [6.07, 6.45) is -2.19. The van der Waals surface area contributed by atoms with Crippen molar-refractivity contribution in [1.29, 1.82) is 0 Å². The van der Waals surface area contributed by atoms with Crippen molar-refractivity contribution in [3.8, 4) is 0 Å². The fourth-order valence-corrected chi connectivity index (χ4v) is 0.975. The van der Waals surface area contributed by atoms with E-state index in [-0.39, 0.29) is 5.56 Å². The summed E-state index contributed by atoms with van der Waals surface area (Å²) in [7, 11) is 0. The van der Waals surface area contributed by atoms with E-state index >= 15 is 0 Å². The number of aliphatic hydroxyl groups is 2. The molecule has 0 amide bonds. The van der Waals surface area contributed by atoms with Gasteiger partial charge in [-0.1, -0.05) is 6.07 Å². The van der Waals surface area contributed by atoms with E-state index in [1.165, 1.54) is 13.0 Å². The molecule has 2 atom stereocenters. The predicted molar refractivity (Wildman–Crippen MR) is 43.0 cm³/mol. The molecule has 0 aromatic heterocycles. The molecule has 0 aliphatic heterocycles. The van der Waals surface area contributed by atoms with Crippen molar-refractivity contribution >= 4 is 0 Å². The molecule has 1 aromatic rings. The van der Waals surface area contributed by atoms with Crippen molar-refractivity contribution in [2.75, 3.05) is 0 Å². The van der Waals surface area contributed by atoms with E-state index in [9.17, 15) is 13.9 Å². The van der Waals surface area contributed by atoms with Crippen LogP contribution in [0.3, 0.4) is 0 Å². The van der Waals surface area contributed by atoms with E-state index < -0.39 is 23.8 Å². The maximum atomic E-state index is 12.6. The van der Waals surface area contributed by atoms with Gasteiger partial charge in [0.05, 0.1) is 6.10 Å². The van der Waals surface area contributed by atoms with Gasteiger partial charge in [0, 0.05) is 0 Å². The quantitative estimate of drug-likeness (QED) is 0.736. The van der Waals surface area contributed by atoms with Crippen LogP contribution in [0.5, 0.6) is 0 Å². The maximum Gasteiger partial charge on any atom is 0.159 e. The van der Waals surface area contributed by atoms with E-state index in [0.29, 0.717) is 0 Å². The molecule has 1 aromatic carbocycles. The monoisotopic (exact) mass is 188 g/mol. The molecule has 0 aliphatic rings. The number of hydrogen-bond donors (Lipinski definition) is 2. The van der Waals surface area contributed by atoms with Crippen LogP contribution in [0.15, 0.2) is 18.2 Å². The van der Waals surface area contributed by atoms with Gasteiger partial charge >= 0.3 is 0 Å². The lowest BCUT2D eigenvalue weighted by atomic mass is 10.1. The van der Waals surface area contributed by atoms with E-state index in [1.54, 1.807) is 0 Å². The summed E-state index contributed by atoms with van der Waals surface area (Å²) in [6, 6.07) is 3.01. The lowest BCUT2D eigenvalue weighted by molar-refractivity contribution is 0.0303. The molecule has 0 fully saturated rings. The third-order valence-corrected chi connectivity index (χ3v) is 1.74. The number of aliphatic hydroxyl groups excluding tert-OH is 2. The van der Waals surface area contributed by atoms with Crippen molar-refractivity contribution in [1.82, 2.24) is 0 Å². The van der Waals surface area contributed by atoms with Crippen LogP contribution in [0.25, 0.3) is 0 Å². The molecule has 0 saturated heterocycles. The molecule has 2 nitrogen and oxygen atoms in total. The van der Waals surface area contributed by atoms with Gasteiger partial charge in [-0.05, 0) is 24.6 Å². The zero-order valence-electron chi connectivity index (χ0n) is 7.04. The smallest absolute Gasteiger partial charge is 0.159 e. The highest BCUT2D eigenvalue weighted by Crippen LogP contribution is 2.18. The fourth-order valence-electron chi connectivity index (χ4n) is 0.975. The molecular formula is C9H10F2O2. The summed E-state index contributed by atoms with van der Waals surface area (Å²) in [5.74, 6) is -2.00. The minimum absolute atomic E-state index is 0.161. The molecule has 0 radical (unpaired) electrons. The van der Waals surface area contributed by atoms with Crippen molar-refractivity contribution in [3.05, 3.63) is 35.4 Å². The van der Waals surface area contributed by atoms with Crippen LogP contribution in [-0.2, 0) is 0 Å². The summed E-state index contributed by atoms with van der Waals surface area (Å²) in [6.45, 7) is 1.37. The molecule has 0 unspecified atom stereocenters. The molecule has 0 heterocycles. The van der Waals surface area contributed by atoms with Crippen LogP contribution in [0.2, 0.25) is 0 Å². The van der Waals surface area contributed by atoms with Crippen LogP contribution in [-0.4, -0.2) is 16.3 Å². The van der Waals surface area contributed by atoms with Gasteiger partial charge in [0.2, 0.25) is 0 Å². The number of rotatable bonds is 2. The van der Waals surface area contributed by atoms with Gasteiger partial charge in [-0.15, -0.1) is 0 Å². The predicted octanol–water partition coefficient (Wildman–Crippen LogP) is 1.38. The van der Waals surface area contributed by atoms with Crippen LogP contribution >= 0.6 is 0 Å². The van der Waals surface area contributed by atoms with E-state index in [2.05, 4.69) is 0 Å². The molecular weight excluding hydrogens is 178 g/mol. The van der Waals surface area contributed by atoms with E-state index in [4.69, 9.17) is 5.11 Å². The summed E-state index contributed by atoms with van der Waals surface area (Å²) in [5, 5.41) is 18.2. The molecule has 0 aliphatic carbocycles. The summed E-state index contributed by atoms with van der Waals surface area (Å²) in [4.78, 5) is 0. The number of hydrogen-bond acceptors (Lipinski definition) is 2. The largest absolute Gasteiger partial charge is 0.390 e. The normalized spacial score (nSPS) is 15.5. The Morgan fingerprint density at radius 3 is 2.23 bits per heavy atom. The van der Waals surface area contributed by atoms with Gasteiger partial charge in [0.1, 0.15) is 6.10 Å². The highest BCUT2D eigenvalue weighted by Gasteiger charge is 2.15. The fraction of sp³-hybridized carbons (Fsp3) is 0.333. The number of benzene rings is 1. The second kappa shape index (κ2) is 3.81. The molecule has 13 heavy (non-hydrogen) atoms. The van der Waals surface area contributed by atoms with Crippen LogP contribution in [0.4, 0.5) is 8.78 Å². The van der Waals surface area contributed by atoms with Crippen molar-refractivity contribution in [3.63, 3.8) is 0 Å². The van der Waals surface area contributed by atoms with Crippen molar-refractivity contribution in [2.24, 2.45) is 0 Å². The Hall–Kier alpha value is -1.00. The Morgan fingerprint density at radius 2 is 1.77 bits per heavy atom. The third kappa shape index (κ3) is 2.23. The average Bonchev–Trinajstić information content (AvgIpc) is 2.08. The van der Waals surface area contributed by atoms with Gasteiger partial charge in [0.15, 0.2) is 11.6 Å². The highest BCUT2D eigenvalue weighted by molar-refractivity contribution is 5.20. The first-order chi connectivity index (χ1) is 6.02. The lowest BCUT2D eigenvalue weighted by Gasteiger charge is -2.13. The van der Waals surface area contributed by atoms with E-state index in [0.717, 1.165) is 12.1 Å². The maximum absolute atomic E-state index is 12.6. The van der Waals surface area contributed by atoms with Crippen LogP contribution < -0.4 is 0 Å². The van der Waals surface area contributed by atoms with E-state index in [1.807, 2.05) is 0 Å². The summed E-state index contributed by atoms with van der Waals surface area (Å²) < 4.78 is 25.1. The van der Waals surface area contributed by atoms with Gasteiger partial charge in [-0.3, -0.25) is 0 Å². The molecule has 72 valence electrons. The van der Waals surface area contributed by atoms with Gasteiger partial charge in [-0.2, -0.15) is 0 Å². The molecule has 0 bridgehead atoms. The van der Waals surface area contributed by atoms with Gasteiger partial charge in [0.25, 0.3) is 0 Å².